The molecule has 21 heavy (non-hydrogen) atoms. The quantitative estimate of drug-likeness (QED) is 0.899. The van der Waals surface area contributed by atoms with Crippen molar-refractivity contribution >= 4 is 33.2 Å². The van der Waals surface area contributed by atoms with Crippen LogP contribution in [0.25, 0.3) is 0 Å². The lowest BCUT2D eigenvalue weighted by Gasteiger charge is -2.29. The molecule has 0 aromatic heterocycles. The van der Waals surface area contributed by atoms with E-state index in [2.05, 4.69) is 5.32 Å². The number of hydrogen-bond donors (Lipinski definition) is 1. The zero-order valence-electron chi connectivity index (χ0n) is 12.3. The van der Waals surface area contributed by atoms with Gasteiger partial charge in [-0.2, -0.15) is 0 Å². The Labute approximate surface area is 130 Å². The Bertz CT molecular complexity index is 656. The first kappa shape index (κ1) is 16.1. The smallest absolute Gasteiger partial charge is 0.243 e. The number of nitrogens with zero attached hydrogens (tertiary/aromatic N) is 1. The van der Waals surface area contributed by atoms with Crippen molar-refractivity contribution < 1.29 is 13.2 Å². The molecule has 0 saturated heterocycles. The third-order valence-corrected chi connectivity index (χ3v) is 4.88. The first-order chi connectivity index (χ1) is 9.70. The van der Waals surface area contributed by atoms with Crippen LogP contribution in [0.5, 0.6) is 0 Å². The van der Waals surface area contributed by atoms with E-state index < -0.39 is 16.1 Å². The molecular weight excluding hydrogens is 312 g/mol. The van der Waals surface area contributed by atoms with Crippen LogP contribution in [0.2, 0.25) is 5.02 Å². The number of amides is 1. The largest absolute Gasteiger partial charge is 0.352 e. The van der Waals surface area contributed by atoms with Gasteiger partial charge in [-0.25, -0.2) is 8.42 Å². The Hall–Kier alpha value is -1.27. The van der Waals surface area contributed by atoms with Gasteiger partial charge in [-0.05, 0) is 44.4 Å². The minimum atomic E-state index is -3.60. The van der Waals surface area contributed by atoms with E-state index >= 15 is 0 Å². The molecule has 1 fully saturated rings. The van der Waals surface area contributed by atoms with Crippen LogP contribution in [0.1, 0.15) is 25.3 Å². The molecule has 1 atom stereocenters. The maximum absolute atomic E-state index is 12.2. The van der Waals surface area contributed by atoms with Crippen LogP contribution in [0, 0.1) is 6.92 Å². The third kappa shape index (κ3) is 3.89. The number of hydrogen-bond acceptors (Lipinski definition) is 3. The average Bonchev–Trinajstić information content (AvgIpc) is 3.16. The van der Waals surface area contributed by atoms with Gasteiger partial charge in [0.25, 0.3) is 0 Å². The molecule has 1 aromatic carbocycles. The number of sulfonamides is 1. The van der Waals surface area contributed by atoms with Gasteiger partial charge in [0, 0.05) is 11.1 Å². The summed E-state index contributed by atoms with van der Waals surface area (Å²) in [4.78, 5) is 12.2. The predicted molar refractivity (Wildman–Crippen MR) is 84.1 cm³/mol. The summed E-state index contributed by atoms with van der Waals surface area (Å²) in [6, 6.07) is 4.36. The molecule has 0 heterocycles. The Morgan fingerprint density at radius 2 is 2.05 bits per heavy atom. The molecule has 2 rings (SSSR count). The highest BCUT2D eigenvalue weighted by Crippen LogP contribution is 2.28. The van der Waals surface area contributed by atoms with Gasteiger partial charge in [-0.1, -0.05) is 17.7 Å². The van der Waals surface area contributed by atoms with Crippen LogP contribution in [0.4, 0.5) is 5.69 Å². The fraction of sp³-hybridized carbons (Fsp3) is 0.500. The lowest BCUT2D eigenvalue weighted by atomic mass is 10.2. The van der Waals surface area contributed by atoms with E-state index in [-0.39, 0.29) is 11.9 Å². The topological polar surface area (TPSA) is 66.5 Å². The highest BCUT2D eigenvalue weighted by molar-refractivity contribution is 7.92. The number of benzene rings is 1. The van der Waals surface area contributed by atoms with Crippen molar-refractivity contribution in [2.75, 3.05) is 10.6 Å². The van der Waals surface area contributed by atoms with E-state index in [0.29, 0.717) is 10.7 Å². The van der Waals surface area contributed by atoms with Gasteiger partial charge in [0.2, 0.25) is 15.9 Å². The van der Waals surface area contributed by atoms with E-state index in [0.717, 1.165) is 29.0 Å². The van der Waals surface area contributed by atoms with Crippen LogP contribution in [-0.4, -0.2) is 32.7 Å². The summed E-state index contributed by atoms with van der Waals surface area (Å²) >= 11 is 5.97. The highest BCUT2D eigenvalue weighted by Gasteiger charge is 2.33. The van der Waals surface area contributed by atoms with Crippen LogP contribution in [0.3, 0.4) is 0 Å². The molecule has 1 saturated carbocycles. The molecule has 0 bridgehead atoms. The molecular formula is C14H19ClN2O3S. The first-order valence-corrected chi connectivity index (χ1v) is 8.98. The van der Waals surface area contributed by atoms with Crippen molar-refractivity contribution in [3.05, 3.63) is 28.8 Å². The zero-order valence-corrected chi connectivity index (χ0v) is 13.8. The summed E-state index contributed by atoms with van der Waals surface area (Å²) in [5, 5.41) is 3.26. The Morgan fingerprint density at radius 3 is 2.57 bits per heavy atom. The molecule has 116 valence electrons. The van der Waals surface area contributed by atoms with Crippen LogP contribution < -0.4 is 9.62 Å². The molecule has 1 aromatic rings. The molecule has 0 radical (unpaired) electrons. The summed E-state index contributed by atoms with van der Waals surface area (Å²) in [7, 11) is -3.60. The number of halogens is 1. The van der Waals surface area contributed by atoms with Crippen molar-refractivity contribution in [1.82, 2.24) is 5.32 Å². The highest BCUT2D eigenvalue weighted by atomic mass is 35.5. The minimum absolute atomic E-state index is 0.182. The van der Waals surface area contributed by atoms with Gasteiger partial charge in [-0.15, -0.1) is 0 Å². The SMILES string of the molecule is Cc1ccc(Cl)cc1N([C@@H](C)C(=O)NC1CC1)S(C)(=O)=O. The Kier molecular flexibility index (Phi) is 4.49. The van der Waals surface area contributed by atoms with Crippen molar-refractivity contribution in [1.29, 1.82) is 0 Å². The summed E-state index contributed by atoms with van der Waals surface area (Å²) < 4.78 is 25.4. The molecule has 7 heteroatoms. The summed E-state index contributed by atoms with van der Waals surface area (Å²) in [6.45, 7) is 3.37. The van der Waals surface area contributed by atoms with Crippen molar-refractivity contribution in [3.63, 3.8) is 0 Å². The summed E-state index contributed by atoms with van der Waals surface area (Å²) in [5.41, 5.74) is 1.18. The third-order valence-electron chi connectivity index (χ3n) is 3.42. The van der Waals surface area contributed by atoms with Gasteiger partial charge in [-0.3, -0.25) is 9.10 Å². The van der Waals surface area contributed by atoms with Gasteiger partial charge in [0.05, 0.1) is 11.9 Å². The van der Waals surface area contributed by atoms with Crippen LogP contribution >= 0.6 is 11.6 Å². The van der Waals surface area contributed by atoms with Crippen molar-refractivity contribution in [3.8, 4) is 0 Å². The molecule has 1 aliphatic rings. The van der Waals surface area contributed by atoms with Gasteiger partial charge >= 0.3 is 0 Å². The van der Waals surface area contributed by atoms with Crippen LogP contribution in [-0.2, 0) is 14.8 Å². The fourth-order valence-corrected chi connectivity index (χ4v) is 3.54. The van der Waals surface area contributed by atoms with E-state index in [1.807, 2.05) is 0 Å². The summed E-state index contributed by atoms with van der Waals surface area (Å²) in [6.07, 6.45) is 3.00. The standard InChI is InChI=1S/C14H19ClN2O3S/c1-9-4-5-11(15)8-13(9)17(21(3,19)20)10(2)14(18)16-12-6-7-12/h4-5,8,10,12H,6-7H2,1-3H3,(H,16,18)/t10-/m0/s1. The van der Waals surface area contributed by atoms with E-state index in [1.54, 1.807) is 32.0 Å². The monoisotopic (exact) mass is 330 g/mol. The Balaban J connectivity index is 2.38. The fourth-order valence-electron chi connectivity index (χ4n) is 2.15. The molecule has 1 N–H and O–H groups in total. The molecule has 1 amide bonds. The van der Waals surface area contributed by atoms with Crippen molar-refractivity contribution in [2.24, 2.45) is 0 Å². The van der Waals surface area contributed by atoms with E-state index in [1.165, 1.54) is 0 Å². The lowest BCUT2D eigenvalue weighted by Crippen LogP contribution is -2.48. The van der Waals surface area contributed by atoms with Gasteiger partial charge in [0.15, 0.2) is 0 Å². The van der Waals surface area contributed by atoms with Crippen LogP contribution in [0.15, 0.2) is 18.2 Å². The second kappa shape index (κ2) is 5.85. The number of anilines is 1. The molecule has 5 nitrogen and oxygen atoms in total. The molecule has 0 aliphatic heterocycles. The number of carbonyl (C=O) groups is 1. The van der Waals surface area contributed by atoms with E-state index in [9.17, 15) is 13.2 Å². The maximum Gasteiger partial charge on any atom is 0.243 e. The molecule has 0 unspecified atom stereocenters. The first-order valence-electron chi connectivity index (χ1n) is 6.76. The van der Waals surface area contributed by atoms with Crippen molar-refractivity contribution in [2.45, 2.75) is 38.8 Å². The zero-order chi connectivity index (χ0) is 15.8. The number of aryl methyl sites for hydroxylation is 1. The maximum atomic E-state index is 12.2. The van der Waals surface area contributed by atoms with E-state index in [4.69, 9.17) is 11.6 Å². The number of rotatable bonds is 5. The predicted octanol–water partition coefficient (Wildman–Crippen LogP) is 2.08. The Morgan fingerprint density at radius 1 is 1.43 bits per heavy atom. The van der Waals surface area contributed by atoms with Gasteiger partial charge in [0.1, 0.15) is 6.04 Å². The normalized spacial score (nSPS) is 16.4. The average molecular weight is 331 g/mol. The minimum Gasteiger partial charge on any atom is -0.352 e. The number of nitrogens with one attached hydrogen (secondary N) is 1. The summed E-state index contributed by atoms with van der Waals surface area (Å²) in [5.74, 6) is -0.290. The molecule has 1 aliphatic carbocycles. The lowest BCUT2D eigenvalue weighted by molar-refractivity contribution is -0.121. The second-order valence-corrected chi connectivity index (χ2v) is 7.74. The van der Waals surface area contributed by atoms with Gasteiger partial charge < -0.3 is 5.32 Å². The number of carbonyl (C=O) groups excluding carboxylic acids is 1. The molecule has 0 spiro atoms. The second-order valence-electron chi connectivity index (χ2n) is 5.45.